The van der Waals surface area contributed by atoms with Gasteiger partial charge in [0.15, 0.2) is 0 Å². The molecule has 35 heavy (non-hydrogen) atoms. The Balaban J connectivity index is 1.83. The first-order chi connectivity index (χ1) is 16.6. The smallest absolute Gasteiger partial charge is 0.323 e. The molecule has 2 aromatic rings. The third kappa shape index (κ3) is 5.05. The van der Waals surface area contributed by atoms with Crippen molar-refractivity contribution < 1.29 is 24.6 Å². The summed E-state index contributed by atoms with van der Waals surface area (Å²) in [6, 6.07) is 5.58. The molecule has 1 amide bonds. The minimum Gasteiger partial charge on any atom is -0.480 e. The van der Waals surface area contributed by atoms with E-state index in [1.165, 1.54) is 11.8 Å². The van der Waals surface area contributed by atoms with Crippen molar-refractivity contribution in [3.63, 3.8) is 0 Å². The van der Waals surface area contributed by atoms with Crippen LogP contribution in [0.15, 0.2) is 39.0 Å². The predicted molar refractivity (Wildman–Crippen MR) is 141 cm³/mol. The number of allylic oxidation sites excluding steroid dienone is 1. The number of amides is 1. The van der Waals surface area contributed by atoms with Crippen LogP contribution in [0.2, 0.25) is 5.02 Å². The molecule has 1 aromatic heterocycles. The van der Waals surface area contributed by atoms with E-state index in [0.29, 0.717) is 11.6 Å². The normalized spacial score (nSPS) is 18.7. The monoisotopic (exact) mass is 569 g/mol. The number of benzene rings is 1. The molecule has 0 bridgehead atoms. The van der Waals surface area contributed by atoms with Gasteiger partial charge in [0.2, 0.25) is 0 Å². The van der Waals surface area contributed by atoms with Crippen molar-refractivity contribution in [1.82, 2.24) is 9.47 Å². The number of hydrogen-bond donors (Lipinski definition) is 2. The molecule has 0 saturated carbocycles. The molecule has 4 rings (SSSR count). The van der Waals surface area contributed by atoms with Crippen LogP contribution < -0.4 is 19.7 Å². The molecule has 1 fully saturated rings. The number of rotatable bonds is 6. The van der Waals surface area contributed by atoms with Crippen molar-refractivity contribution in [3.8, 4) is 0 Å². The first kappa shape index (κ1) is 25.5. The van der Waals surface area contributed by atoms with Gasteiger partial charge in [-0.25, -0.2) is 0 Å². The van der Waals surface area contributed by atoms with Crippen molar-refractivity contribution >= 4 is 97.5 Å². The van der Waals surface area contributed by atoms with Gasteiger partial charge in [-0.05, 0) is 37.3 Å². The van der Waals surface area contributed by atoms with E-state index < -0.39 is 36.5 Å². The number of thiazole rings is 1. The van der Waals surface area contributed by atoms with Crippen molar-refractivity contribution in [3.05, 3.63) is 53.9 Å². The van der Waals surface area contributed by atoms with Gasteiger partial charge >= 0.3 is 11.9 Å². The largest absolute Gasteiger partial charge is 0.480 e. The molecule has 3 heterocycles. The molecule has 182 valence electrons. The molecule has 9 nitrogen and oxygen atoms in total. The lowest BCUT2D eigenvalue weighted by molar-refractivity contribution is -0.140. The van der Waals surface area contributed by atoms with E-state index in [-0.39, 0.29) is 18.4 Å². The number of fused-ring (bicyclic) bond motifs is 1. The van der Waals surface area contributed by atoms with Crippen LogP contribution in [-0.4, -0.2) is 54.9 Å². The van der Waals surface area contributed by atoms with Crippen LogP contribution >= 0.6 is 58.7 Å². The third-order valence-corrected chi connectivity index (χ3v) is 9.00. The summed E-state index contributed by atoms with van der Waals surface area (Å²) in [6.45, 7) is 1.37. The summed E-state index contributed by atoms with van der Waals surface area (Å²) < 4.78 is 1.37. The molecule has 0 atom stereocenters. The highest BCUT2D eigenvalue weighted by molar-refractivity contribution is 8.30. The van der Waals surface area contributed by atoms with E-state index in [9.17, 15) is 24.3 Å². The highest BCUT2D eigenvalue weighted by Gasteiger charge is 2.35. The van der Waals surface area contributed by atoms with Gasteiger partial charge in [0.1, 0.15) is 27.0 Å². The number of aliphatic carboxylic acids is 2. The molecule has 0 unspecified atom stereocenters. The second-order valence-electron chi connectivity index (χ2n) is 7.17. The Labute approximate surface area is 221 Å². The van der Waals surface area contributed by atoms with Crippen molar-refractivity contribution in [2.45, 2.75) is 18.4 Å². The Hall–Kier alpha value is -2.58. The summed E-state index contributed by atoms with van der Waals surface area (Å²) in [5.41, 5.74) is 0.384. The summed E-state index contributed by atoms with van der Waals surface area (Å²) in [5.74, 6) is -3.18. The quantitative estimate of drug-likeness (QED) is 0.499. The number of carbonyl (C=O) groups excluding carboxylic acids is 1. The maximum atomic E-state index is 13.1. The zero-order valence-corrected chi connectivity index (χ0v) is 21.9. The zero-order valence-electron chi connectivity index (χ0n) is 17.9. The molecular formula is C21H16ClN3O6S4. The van der Waals surface area contributed by atoms with E-state index in [2.05, 4.69) is 0 Å². The van der Waals surface area contributed by atoms with Crippen molar-refractivity contribution in [2.24, 2.45) is 0 Å². The average Bonchev–Trinajstić information content (AvgIpc) is 3.38. The van der Waals surface area contributed by atoms with Gasteiger partial charge in [-0.15, -0.1) is 11.3 Å². The Morgan fingerprint density at radius 3 is 2.46 bits per heavy atom. The minimum absolute atomic E-state index is 0.0272. The van der Waals surface area contributed by atoms with Crippen LogP contribution in [0.1, 0.15) is 6.92 Å². The number of carboxylic acids is 2. The topological polar surface area (TPSA) is 120 Å². The number of halogens is 1. The molecular weight excluding hydrogens is 554 g/mol. The molecule has 2 aliphatic rings. The number of carboxylic acid groups (broad SMARTS) is 2. The lowest BCUT2D eigenvalue weighted by atomic mass is 10.3. The summed E-state index contributed by atoms with van der Waals surface area (Å²) in [5, 5.41) is 19.9. The zero-order chi connectivity index (χ0) is 25.4. The van der Waals surface area contributed by atoms with Gasteiger partial charge in [-0.2, -0.15) is 0 Å². The Morgan fingerprint density at radius 2 is 1.80 bits per heavy atom. The lowest BCUT2D eigenvalue weighted by Crippen LogP contribution is -2.36. The Morgan fingerprint density at radius 1 is 1.09 bits per heavy atom. The summed E-state index contributed by atoms with van der Waals surface area (Å²) in [6.07, 6.45) is 3.35. The first-order valence-electron chi connectivity index (χ1n) is 9.98. The number of nitrogens with zero attached hydrogens (tertiary/aromatic N) is 3. The molecule has 2 aliphatic heterocycles. The van der Waals surface area contributed by atoms with Crippen LogP contribution in [-0.2, 0) is 20.9 Å². The fourth-order valence-electron chi connectivity index (χ4n) is 3.45. The molecule has 2 N–H and O–H groups in total. The van der Waals surface area contributed by atoms with Crippen LogP contribution in [0, 0.1) is 0 Å². The van der Waals surface area contributed by atoms with Crippen LogP contribution in [0.3, 0.4) is 0 Å². The van der Waals surface area contributed by atoms with E-state index >= 15 is 0 Å². The SMILES string of the molecule is CCN1C(=CC=c2s/c(=C3\SC(=S)N(CC(=O)O)C3=O)n(CC(=O)O)c2=O)Sc2ccc(Cl)cc21. The maximum Gasteiger partial charge on any atom is 0.323 e. The second kappa shape index (κ2) is 10.2. The maximum absolute atomic E-state index is 13.1. The second-order valence-corrected chi connectivity index (χ2v) is 11.3. The summed E-state index contributed by atoms with van der Waals surface area (Å²) in [7, 11) is 0. The highest BCUT2D eigenvalue weighted by Crippen LogP contribution is 2.46. The molecule has 1 aromatic carbocycles. The summed E-state index contributed by atoms with van der Waals surface area (Å²) >= 11 is 14.6. The van der Waals surface area contributed by atoms with Crippen LogP contribution in [0.5, 0.6) is 0 Å². The third-order valence-electron chi connectivity index (χ3n) is 4.92. The van der Waals surface area contributed by atoms with E-state index in [1.54, 1.807) is 18.2 Å². The molecule has 14 heteroatoms. The van der Waals surface area contributed by atoms with E-state index in [1.807, 2.05) is 24.0 Å². The number of anilines is 1. The van der Waals surface area contributed by atoms with Crippen molar-refractivity contribution in [1.29, 1.82) is 0 Å². The molecule has 0 radical (unpaired) electrons. The highest BCUT2D eigenvalue weighted by atomic mass is 35.5. The average molecular weight is 570 g/mol. The number of carbonyl (C=O) groups is 3. The molecule has 0 aliphatic carbocycles. The van der Waals surface area contributed by atoms with Gasteiger partial charge in [-0.3, -0.25) is 28.6 Å². The van der Waals surface area contributed by atoms with E-state index in [4.69, 9.17) is 28.9 Å². The van der Waals surface area contributed by atoms with Gasteiger partial charge in [0, 0.05) is 16.5 Å². The number of aromatic nitrogens is 1. The number of thiocarbonyl (C=S) groups is 1. The van der Waals surface area contributed by atoms with Crippen LogP contribution in [0.4, 0.5) is 5.69 Å². The van der Waals surface area contributed by atoms with E-state index in [0.717, 1.165) is 48.2 Å². The Bertz CT molecular complexity index is 1500. The molecule has 1 saturated heterocycles. The fraction of sp³-hybridized carbons (Fsp3) is 0.190. The lowest BCUT2D eigenvalue weighted by Gasteiger charge is -2.17. The Kier molecular flexibility index (Phi) is 7.43. The van der Waals surface area contributed by atoms with Crippen LogP contribution in [0.25, 0.3) is 11.0 Å². The fourth-order valence-corrected chi connectivity index (χ4v) is 7.18. The number of thioether (sulfide) groups is 2. The van der Waals surface area contributed by atoms with Gasteiger partial charge in [0.05, 0.1) is 15.2 Å². The van der Waals surface area contributed by atoms with Gasteiger partial charge in [-0.1, -0.05) is 47.3 Å². The van der Waals surface area contributed by atoms with Gasteiger partial charge < -0.3 is 15.1 Å². The molecule has 0 spiro atoms. The summed E-state index contributed by atoms with van der Waals surface area (Å²) in [4.78, 5) is 52.5. The first-order valence-corrected chi connectivity index (χ1v) is 13.2. The van der Waals surface area contributed by atoms with Crippen molar-refractivity contribution in [2.75, 3.05) is 18.0 Å². The predicted octanol–water partition coefficient (Wildman–Crippen LogP) is 1.95. The minimum atomic E-state index is -1.26. The standard InChI is InChI=1S/C21H16ClN3O6S4/c1-2-23-11-7-10(22)3-4-12(11)33-14(23)6-5-13-18(30)24(8-15(26)27)20(34-13)17-19(31)25(9-16(28)29)21(32)35-17/h3-7H,2,8-9H2,1H3,(H,26,27)(H,28,29)/b13-5?,14-6?,20-17-. The number of hydrogen-bond acceptors (Lipinski definition) is 9. The van der Waals surface area contributed by atoms with Gasteiger partial charge in [0.25, 0.3) is 11.5 Å².